The monoisotopic (exact) mass is 509 g/mol. The van der Waals surface area contributed by atoms with Crippen LogP contribution in [0.2, 0.25) is 0 Å². The molecule has 0 bridgehead atoms. The number of unbranched alkanes of at least 4 members (excludes halogenated alkanes) is 3. The average molecular weight is 509 g/mol. The molecule has 0 unspecified atom stereocenters. The summed E-state index contributed by atoms with van der Waals surface area (Å²) in [6.45, 7) is 37.2. The smallest absolute Gasteiger partial charge is 0.0398 e. The normalized spacial score (nSPS) is 6.72. The Bertz CT molecular complexity index is 375. The highest BCUT2D eigenvalue weighted by atomic mass is 13.8. The standard InChI is InChI=1S/2C7H8.C5H12.C4H10.C3H8.5C2H6/c2*1-7-5-3-2-4-6-7;1-3-5-4-2;1-3-4-2;1-3-2;5*1-2/h2*2-6H,1H3;3-5H2,1-2H3;3-4H2,1-2H3;3H2,1-2H3;5*1-2H3. The molecule has 36 heavy (non-hydrogen) atoms. The number of hydrogen-bond donors (Lipinski definition) is 0. The minimum Gasteiger partial charge on any atom is -0.0683 e. The molecule has 0 aromatic heterocycles. The van der Waals surface area contributed by atoms with Gasteiger partial charge < -0.3 is 0 Å². The van der Waals surface area contributed by atoms with Crippen molar-refractivity contribution in [3.8, 4) is 0 Å². The number of rotatable bonds is 3. The molecule has 0 nitrogen and oxygen atoms in total. The number of aryl methyl sites for hydroxylation is 2. The fraction of sp³-hybridized carbons (Fsp3) is 0.667. The largest absolute Gasteiger partial charge is 0.0683 e. The Morgan fingerprint density at radius 1 is 0.361 bits per heavy atom. The molecule has 2 aromatic rings. The molecule has 0 N–H and O–H groups in total. The minimum absolute atomic E-state index is 1.25. The third-order valence-corrected chi connectivity index (χ3v) is 3.09. The number of hydrogen-bond acceptors (Lipinski definition) is 0. The molecule has 0 amide bonds. The van der Waals surface area contributed by atoms with Gasteiger partial charge in [0.15, 0.2) is 0 Å². The van der Waals surface area contributed by atoms with Crippen LogP contribution in [0.15, 0.2) is 60.7 Å². The van der Waals surface area contributed by atoms with Gasteiger partial charge in [0.1, 0.15) is 0 Å². The van der Waals surface area contributed by atoms with E-state index in [0.29, 0.717) is 0 Å². The molecule has 0 radical (unpaired) electrons. The second kappa shape index (κ2) is 84.2. The van der Waals surface area contributed by atoms with Crippen molar-refractivity contribution in [2.75, 3.05) is 0 Å². The second-order valence-corrected chi connectivity index (χ2v) is 6.37. The summed E-state index contributed by atoms with van der Waals surface area (Å²) in [5.74, 6) is 0. The van der Waals surface area contributed by atoms with E-state index in [1.807, 2.05) is 106 Å². The van der Waals surface area contributed by atoms with Crippen molar-refractivity contribution < 1.29 is 0 Å². The van der Waals surface area contributed by atoms with Gasteiger partial charge in [-0.05, 0) is 13.8 Å². The lowest BCUT2D eigenvalue weighted by Crippen LogP contribution is -1.62. The molecule has 0 saturated carbocycles. The van der Waals surface area contributed by atoms with Gasteiger partial charge in [-0.3, -0.25) is 0 Å². The van der Waals surface area contributed by atoms with E-state index < -0.39 is 0 Å². The summed E-state index contributed by atoms with van der Waals surface area (Å²) >= 11 is 0. The highest BCUT2D eigenvalue weighted by Crippen LogP contribution is 1.93. The highest BCUT2D eigenvalue weighted by Gasteiger charge is 1.72. The second-order valence-electron chi connectivity index (χ2n) is 6.37. The summed E-state index contributed by atoms with van der Waals surface area (Å²) in [7, 11) is 0. The maximum Gasteiger partial charge on any atom is -0.0398 e. The van der Waals surface area contributed by atoms with Crippen LogP contribution in [0.1, 0.15) is 160 Å². The first-order valence-electron chi connectivity index (χ1n) is 15.6. The van der Waals surface area contributed by atoms with Crippen molar-refractivity contribution in [1.82, 2.24) is 0 Å². The summed E-state index contributed by atoms with van der Waals surface area (Å²) in [4.78, 5) is 0. The highest BCUT2D eigenvalue weighted by molar-refractivity contribution is 5.12. The molecule has 0 aliphatic heterocycles. The first kappa shape index (κ1) is 55.1. The minimum atomic E-state index is 1.25. The lowest BCUT2D eigenvalue weighted by atomic mass is 10.2. The fourth-order valence-corrected chi connectivity index (χ4v) is 1.42. The van der Waals surface area contributed by atoms with E-state index >= 15 is 0 Å². The molecular weight excluding hydrogens is 432 g/mol. The Hall–Kier alpha value is -1.56. The van der Waals surface area contributed by atoms with Gasteiger partial charge in [0.05, 0.1) is 0 Å². The zero-order valence-electron chi connectivity index (χ0n) is 29.0. The summed E-state index contributed by atoms with van der Waals surface area (Å²) in [5.41, 5.74) is 2.64. The topological polar surface area (TPSA) is 0 Å². The van der Waals surface area contributed by atoms with Gasteiger partial charge in [0.2, 0.25) is 0 Å². The van der Waals surface area contributed by atoms with Gasteiger partial charge in [-0.2, -0.15) is 0 Å². The van der Waals surface area contributed by atoms with Crippen LogP contribution in [0.5, 0.6) is 0 Å². The van der Waals surface area contributed by atoms with Crippen LogP contribution >= 0.6 is 0 Å². The third-order valence-electron chi connectivity index (χ3n) is 3.09. The van der Waals surface area contributed by atoms with Crippen molar-refractivity contribution in [2.45, 2.75) is 163 Å². The van der Waals surface area contributed by atoms with Crippen LogP contribution in [-0.2, 0) is 0 Å². The first-order valence-corrected chi connectivity index (χ1v) is 15.6. The van der Waals surface area contributed by atoms with E-state index in [-0.39, 0.29) is 0 Å². The maximum atomic E-state index is 2.21. The molecule has 0 spiro atoms. The average Bonchev–Trinajstić information content (AvgIpc) is 2.97. The molecule has 2 rings (SSSR count). The molecule has 0 saturated heterocycles. The van der Waals surface area contributed by atoms with Gasteiger partial charge in [-0.25, -0.2) is 0 Å². The van der Waals surface area contributed by atoms with Crippen LogP contribution in [0, 0.1) is 13.8 Å². The summed E-state index contributed by atoms with van der Waals surface area (Å²) in [5, 5.41) is 0. The van der Waals surface area contributed by atoms with Crippen molar-refractivity contribution in [3.63, 3.8) is 0 Å². The summed E-state index contributed by atoms with van der Waals surface area (Å²) in [6.07, 6.45) is 7.97. The van der Waals surface area contributed by atoms with E-state index in [0.717, 1.165) is 0 Å². The first-order chi connectivity index (χ1) is 17.5. The van der Waals surface area contributed by atoms with Crippen molar-refractivity contribution in [3.05, 3.63) is 71.8 Å². The Labute approximate surface area is 234 Å². The van der Waals surface area contributed by atoms with Crippen LogP contribution < -0.4 is 0 Å². The van der Waals surface area contributed by atoms with Crippen LogP contribution in [0.4, 0.5) is 0 Å². The summed E-state index contributed by atoms with van der Waals surface area (Å²) < 4.78 is 0. The Balaban J connectivity index is -0.0000000426. The van der Waals surface area contributed by atoms with Gasteiger partial charge in [0.25, 0.3) is 0 Å². The van der Waals surface area contributed by atoms with Crippen LogP contribution in [0.25, 0.3) is 0 Å². The van der Waals surface area contributed by atoms with Gasteiger partial charge in [0, 0.05) is 0 Å². The van der Waals surface area contributed by atoms with E-state index in [9.17, 15) is 0 Å². The van der Waals surface area contributed by atoms with Gasteiger partial charge in [-0.15, -0.1) is 0 Å². The van der Waals surface area contributed by atoms with Crippen LogP contribution in [0.3, 0.4) is 0 Å². The van der Waals surface area contributed by atoms with Gasteiger partial charge in [-0.1, -0.05) is 221 Å². The molecular formula is C36H76. The Kier molecular flexibility index (Phi) is 129. The fourth-order valence-electron chi connectivity index (χ4n) is 1.42. The van der Waals surface area contributed by atoms with Gasteiger partial charge >= 0.3 is 0 Å². The molecule has 0 atom stereocenters. The summed E-state index contributed by atoms with van der Waals surface area (Å²) in [6, 6.07) is 20.5. The predicted octanol–water partition coefficient (Wildman–Crippen LogP) is 14.5. The Morgan fingerprint density at radius 3 is 0.611 bits per heavy atom. The molecule has 0 heterocycles. The Morgan fingerprint density at radius 2 is 0.556 bits per heavy atom. The molecule has 220 valence electrons. The molecule has 0 heteroatoms. The van der Waals surface area contributed by atoms with Crippen molar-refractivity contribution in [1.29, 1.82) is 0 Å². The molecule has 2 aromatic carbocycles. The predicted molar refractivity (Wildman–Crippen MR) is 181 cm³/mol. The van der Waals surface area contributed by atoms with Crippen LogP contribution in [-0.4, -0.2) is 0 Å². The van der Waals surface area contributed by atoms with Crippen molar-refractivity contribution in [2.24, 2.45) is 0 Å². The number of benzene rings is 2. The maximum absolute atomic E-state index is 2.21. The lowest BCUT2D eigenvalue weighted by Gasteiger charge is -1.82. The van der Waals surface area contributed by atoms with E-state index in [1.54, 1.807) is 0 Å². The molecule has 0 fully saturated rings. The molecule has 0 aliphatic carbocycles. The van der Waals surface area contributed by atoms with E-state index in [4.69, 9.17) is 0 Å². The lowest BCUT2D eigenvalue weighted by molar-refractivity contribution is 0.772. The van der Waals surface area contributed by atoms with E-state index in [2.05, 4.69) is 79.7 Å². The molecule has 0 aliphatic rings. The van der Waals surface area contributed by atoms with Crippen molar-refractivity contribution >= 4 is 0 Å². The quantitative estimate of drug-likeness (QED) is 0.386. The zero-order chi connectivity index (χ0) is 30.5. The zero-order valence-corrected chi connectivity index (χ0v) is 29.0. The van der Waals surface area contributed by atoms with E-state index in [1.165, 1.54) is 49.7 Å². The third kappa shape index (κ3) is 105. The SMILES string of the molecule is CC.CC.CC.CC.CC.CCC.CCCC.CCCCC.Cc1ccccc1.Cc1ccccc1.